The Labute approximate surface area is 415 Å². The Bertz CT molecular complexity index is 1270. The molecule has 11 heteroatoms. The van der Waals surface area contributed by atoms with Crippen LogP contribution in [0.15, 0.2) is 48.6 Å². The maximum atomic E-state index is 13.0. The van der Waals surface area contributed by atoms with Crippen LogP contribution in [0.5, 0.6) is 0 Å². The summed E-state index contributed by atoms with van der Waals surface area (Å²) in [6.07, 6.45) is 47.8. The van der Waals surface area contributed by atoms with Crippen LogP contribution in [0.2, 0.25) is 0 Å². The topological polar surface area (TPSA) is 175 Å². The van der Waals surface area contributed by atoms with Crippen LogP contribution in [0.4, 0.5) is 0 Å². The number of nitrogens with one attached hydrogen (secondary N) is 1. The van der Waals surface area contributed by atoms with Crippen LogP contribution < -0.4 is 5.32 Å². The van der Waals surface area contributed by atoms with E-state index >= 15 is 0 Å². The molecule has 0 saturated carbocycles. The zero-order chi connectivity index (χ0) is 49.6. The number of amides is 1. The molecule has 1 aliphatic heterocycles. The molecule has 68 heavy (non-hydrogen) atoms. The van der Waals surface area contributed by atoms with Gasteiger partial charge in [0.2, 0.25) is 5.91 Å². The predicted octanol–water partition coefficient (Wildman–Crippen LogP) is 12.1. The van der Waals surface area contributed by atoms with Crippen LogP contribution in [-0.4, -0.2) is 100 Å². The van der Waals surface area contributed by atoms with Gasteiger partial charge in [0.25, 0.3) is 0 Å². The van der Waals surface area contributed by atoms with Crippen molar-refractivity contribution in [1.29, 1.82) is 0 Å². The Morgan fingerprint density at radius 3 is 1.54 bits per heavy atom. The summed E-state index contributed by atoms with van der Waals surface area (Å²) < 4.78 is 16.6. The molecule has 1 saturated heterocycles. The number of carbonyl (C=O) groups excluding carboxylic acids is 2. The Kier molecular flexibility index (Phi) is 44.0. The van der Waals surface area contributed by atoms with Crippen LogP contribution in [0.1, 0.15) is 239 Å². The van der Waals surface area contributed by atoms with Crippen molar-refractivity contribution in [3.05, 3.63) is 48.6 Å². The number of unbranched alkanes of at least 4 members (excludes halogenated alkanes) is 27. The van der Waals surface area contributed by atoms with Crippen LogP contribution in [0, 0.1) is 0 Å². The van der Waals surface area contributed by atoms with Gasteiger partial charge in [-0.25, -0.2) is 0 Å². The molecule has 0 aliphatic carbocycles. The van der Waals surface area contributed by atoms with E-state index in [9.17, 15) is 35.1 Å². The van der Waals surface area contributed by atoms with E-state index in [1.165, 1.54) is 135 Å². The minimum Gasteiger partial charge on any atom is -0.466 e. The van der Waals surface area contributed by atoms with Crippen molar-refractivity contribution < 1.29 is 49.3 Å². The maximum Gasteiger partial charge on any atom is 0.305 e. The Morgan fingerprint density at radius 2 is 1.00 bits per heavy atom. The van der Waals surface area contributed by atoms with Crippen molar-refractivity contribution in [2.24, 2.45) is 0 Å². The van der Waals surface area contributed by atoms with E-state index in [2.05, 4.69) is 55.6 Å². The highest BCUT2D eigenvalue weighted by molar-refractivity contribution is 5.76. The lowest BCUT2D eigenvalue weighted by Gasteiger charge is -2.40. The SMILES string of the molecule is CCCCC/C=C\C/C=C\CCCCCCCCCC(=O)OCCCCCCCCCCCCCCCCC(=O)NC(COC1OC(CO)C(O)C(O)C1O)C(O)/C=C/CC/C=C/CCCCC. The Hall–Kier alpha value is -2.38. The van der Waals surface area contributed by atoms with Crippen LogP contribution in [0.3, 0.4) is 0 Å². The molecule has 7 atom stereocenters. The van der Waals surface area contributed by atoms with Gasteiger partial charge in [-0.3, -0.25) is 9.59 Å². The van der Waals surface area contributed by atoms with Crippen molar-refractivity contribution in [2.75, 3.05) is 19.8 Å². The van der Waals surface area contributed by atoms with E-state index in [4.69, 9.17) is 14.2 Å². The van der Waals surface area contributed by atoms with Gasteiger partial charge in [0.05, 0.1) is 32.0 Å². The zero-order valence-corrected chi connectivity index (χ0v) is 43.3. The quantitative estimate of drug-likeness (QED) is 0.0196. The smallest absolute Gasteiger partial charge is 0.305 e. The van der Waals surface area contributed by atoms with Gasteiger partial charge in [0.15, 0.2) is 6.29 Å². The molecule has 0 radical (unpaired) electrons. The highest BCUT2D eigenvalue weighted by atomic mass is 16.7. The van der Waals surface area contributed by atoms with Crippen molar-refractivity contribution in [3.63, 3.8) is 0 Å². The normalized spacial score (nSPS) is 19.8. The molecule has 1 heterocycles. The van der Waals surface area contributed by atoms with E-state index < -0.39 is 49.5 Å². The maximum absolute atomic E-state index is 13.0. The number of hydrogen-bond donors (Lipinski definition) is 6. The molecule has 1 aliphatic rings. The molecule has 6 N–H and O–H groups in total. The van der Waals surface area contributed by atoms with Gasteiger partial charge in [-0.2, -0.15) is 0 Å². The fourth-order valence-electron chi connectivity index (χ4n) is 8.42. The molecule has 0 bridgehead atoms. The highest BCUT2D eigenvalue weighted by Crippen LogP contribution is 2.23. The van der Waals surface area contributed by atoms with E-state index in [1.807, 2.05) is 6.08 Å². The Balaban J connectivity index is 2.07. The third-order valence-electron chi connectivity index (χ3n) is 12.9. The summed E-state index contributed by atoms with van der Waals surface area (Å²) in [4.78, 5) is 25.1. The summed E-state index contributed by atoms with van der Waals surface area (Å²) >= 11 is 0. The van der Waals surface area contributed by atoms with Gasteiger partial charge >= 0.3 is 5.97 Å². The predicted molar refractivity (Wildman–Crippen MR) is 278 cm³/mol. The highest BCUT2D eigenvalue weighted by Gasteiger charge is 2.44. The third kappa shape index (κ3) is 36.5. The molecular formula is C57H103NO10. The van der Waals surface area contributed by atoms with Crippen molar-refractivity contribution in [1.82, 2.24) is 5.32 Å². The molecule has 0 aromatic heterocycles. The monoisotopic (exact) mass is 962 g/mol. The average Bonchev–Trinajstić information content (AvgIpc) is 3.33. The number of rotatable bonds is 47. The third-order valence-corrected chi connectivity index (χ3v) is 12.9. The van der Waals surface area contributed by atoms with Gasteiger partial charge in [-0.15, -0.1) is 0 Å². The minimum atomic E-state index is -1.58. The van der Waals surface area contributed by atoms with Gasteiger partial charge < -0.3 is 45.1 Å². The van der Waals surface area contributed by atoms with Crippen molar-refractivity contribution in [3.8, 4) is 0 Å². The summed E-state index contributed by atoms with van der Waals surface area (Å²) in [7, 11) is 0. The molecule has 1 amide bonds. The first kappa shape index (κ1) is 63.6. The molecule has 0 aromatic carbocycles. The van der Waals surface area contributed by atoms with E-state index in [1.54, 1.807) is 6.08 Å². The molecule has 396 valence electrons. The van der Waals surface area contributed by atoms with Gasteiger partial charge in [0, 0.05) is 12.8 Å². The van der Waals surface area contributed by atoms with E-state index in [0.29, 0.717) is 19.4 Å². The second-order valence-electron chi connectivity index (χ2n) is 19.3. The molecule has 7 unspecified atom stereocenters. The van der Waals surface area contributed by atoms with Crippen molar-refractivity contribution in [2.45, 2.75) is 281 Å². The number of hydrogen-bond acceptors (Lipinski definition) is 10. The number of ether oxygens (including phenoxy) is 3. The van der Waals surface area contributed by atoms with Crippen LogP contribution in [0.25, 0.3) is 0 Å². The molecule has 1 rings (SSSR count). The summed E-state index contributed by atoms with van der Waals surface area (Å²) in [6.45, 7) is 4.20. The van der Waals surface area contributed by atoms with Crippen molar-refractivity contribution >= 4 is 11.9 Å². The lowest BCUT2D eigenvalue weighted by atomic mass is 9.99. The summed E-state index contributed by atoms with van der Waals surface area (Å²) in [5.74, 6) is -0.239. The Morgan fingerprint density at radius 1 is 0.544 bits per heavy atom. The fourth-order valence-corrected chi connectivity index (χ4v) is 8.42. The minimum absolute atomic E-state index is 0.0325. The largest absolute Gasteiger partial charge is 0.466 e. The molecule has 0 aromatic rings. The number of esters is 1. The average molecular weight is 962 g/mol. The summed E-state index contributed by atoms with van der Waals surface area (Å²) in [6, 6.07) is -0.835. The van der Waals surface area contributed by atoms with Gasteiger partial charge in [0.1, 0.15) is 24.4 Å². The summed E-state index contributed by atoms with van der Waals surface area (Å²) in [5, 5.41) is 54.1. The summed E-state index contributed by atoms with van der Waals surface area (Å²) in [5.41, 5.74) is 0. The number of carbonyl (C=O) groups is 2. The van der Waals surface area contributed by atoms with E-state index in [0.717, 1.165) is 77.0 Å². The second kappa shape index (κ2) is 47.0. The van der Waals surface area contributed by atoms with E-state index in [-0.39, 0.29) is 18.5 Å². The number of aliphatic hydroxyl groups is 5. The molecule has 0 spiro atoms. The van der Waals surface area contributed by atoms with Gasteiger partial charge in [-0.1, -0.05) is 197 Å². The fraction of sp³-hybridized carbons (Fsp3) is 0.825. The first-order valence-corrected chi connectivity index (χ1v) is 27.9. The lowest BCUT2D eigenvalue weighted by molar-refractivity contribution is -0.302. The van der Waals surface area contributed by atoms with Gasteiger partial charge in [-0.05, 0) is 77.0 Å². The standard InChI is InChI=1S/C57H103NO10/c1-3-5-7-9-11-13-14-15-16-17-18-22-25-29-33-37-41-45-53(62)66-46-42-38-34-30-26-23-20-19-21-24-28-32-36-40-44-52(61)58-49(50(60)43-39-35-31-27-12-10-8-6-4-2)48-67-57-56(65)55(64)54(63)51(47-59)68-57/h11-13,15-16,27,39,43,49-51,54-57,59-60,63-65H,3-10,14,17-26,28-38,40-42,44-48H2,1-2H3,(H,58,61)/b13-11-,16-15-,27-12+,43-39+. The molecule has 11 nitrogen and oxygen atoms in total. The number of aliphatic hydroxyl groups excluding tert-OH is 5. The molecule has 1 fully saturated rings. The zero-order valence-electron chi connectivity index (χ0n) is 43.3. The van der Waals surface area contributed by atoms with Crippen LogP contribution in [-0.2, 0) is 23.8 Å². The first-order chi connectivity index (χ1) is 33.2. The molecular weight excluding hydrogens is 859 g/mol. The lowest BCUT2D eigenvalue weighted by Crippen LogP contribution is -2.60. The first-order valence-electron chi connectivity index (χ1n) is 27.9. The second-order valence-corrected chi connectivity index (χ2v) is 19.3. The number of allylic oxidation sites excluding steroid dienone is 7. The van der Waals surface area contributed by atoms with Crippen LogP contribution >= 0.6 is 0 Å².